The Hall–Kier alpha value is -2.56. The SMILES string of the molecule is CC[C@@H](NC(=O)c1c[nH]c(C)cc1=O)c1ccc2c(c1)CC(C)(C)O2. The Kier molecular flexibility index (Phi) is 4.41. The number of carbonyl (C=O) groups excluding carboxylic acids is 1. The van der Waals surface area contributed by atoms with Crippen molar-refractivity contribution in [2.75, 3.05) is 0 Å². The van der Waals surface area contributed by atoms with E-state index in [0.29, 0.717) is 0 Å². The monoisotopic (exact) mass is 340 g/mol. The molecule has 0 bridgehead atoms. The number of benzene rings is 1. The molecular weight excluding hydrogens is 316 g/mol. The van der Waals surface area contributed by atoms with Crippen molar-refractivity contribution in [2.45, 2.75) is 52.2 Å². The average Bonchev–Trinajstić information content (AvgIpc) is 2.85. The Morgan fingerprint density at radius 1 is 1.36 bits per heavy atom. The van der Waals surface area contributed by atoms with Crippen LogP contribution in [-0.4, -0.2) is 16.5 Å². The number of ether oxygens (including phenoxy) is 1. The molecule has 1 aliphatic rings. The molecule has 25 heavy (non-hydrogen) atoms. The lowest BCUT2D eigenvalue weighted by molar-refractivity contribution is 0.0934. The fourth-order valence-electron chi connectivity index (χ4n) is 3.25. The van der Waals surface area contributed by atoms with Crippen LogP contribution in [0, 0.1) is 6.92 Å². The number of hydrogen-bond acceptors (Lipinski definition) is 3. The van der Waals surface area contributed by atoms with Gasteiger partial charge in [-0.1, -0.05) is 13.0 Å². The molecule has 1 atom stereocenters. The van der Waals surface area contributed by atoms with Gasteiger partial charge in [0.2, 0.25) is 0 Å². The van der Waals surface area contributed by atoms with Gasteiger partial charge < -0.3 is 15.0 Å². The number of aryl methyl sites for hydroxylation is 1. The lowest BCUT2D eigenvalue weighted by Gasteiger charge is -2.18. The number of aromatic amines is 1. The summed E-state index contributed by atoms with van der Waals surface area (Å²) in [5, 5.41) is 2.97. The third-order valence-electron chi connectivity index (χ3n) is 4.50. The molecule has 0 saturated carbocycles. The van der Waals surface area contributed by atoms with Crippen LogP contribution in [-0.2, 0) is 6.42 Å². The molecule has 1 amide bonds. The van der Waals surface area contributed by atoms with Gasteiger partial charge in [0.05, 0.1) is 6.04 Å². The van der Waals surface area contributed by atoms with E-state index in [2.05, 4.69) is 30.2 Å². The highest BCUT2D eigenvalue weighted by atomic mass is 16.5. The number of nitrogens with one attached hydrogen (secondary N) is 2. The second-order valence-corrected chi connectivity index (χ2v) is 7.23. The highest BCUT2D eigenvalue weighted by Gasteiger charge is 2.30. The maximum atomic E-state index is 12.5. The summed E-state index contributed by atoms with van der Waals surface area (Å²) < 4.78 is 5.91. The van der Waals surface area contributed by atoms with Crippen LogP contribution in [0.15, 0.2) is 35.3 Å². The minimum Gasteiger partial charge on any atom is -0.487 e. The topological polar surface area (TPSA) is 71.2 Å². The molecule has 1 aromatic carbocycles. The number of H-pyrrole nitrogens is 1. The molecular formula is C20H24N2O3. The third-order valence-corrected chi connectivity index (χ3v) is 4.50. The molecule has 0 radical (unpaired) electrons. The summed E-state index contributed by atoms with van der Waals surface area (Å²) in [5.41, 5.74) is 2.58. The fourth-order valence-corrected chi connectivity index (χ4v) is 3.25. The molecule has 5 nitrogen and oxygen atoms in total. The normalized spacial score (nSPS) is 16.0. The summed E-state index contributed by atoms with van der Waals surface area (Å²) in [4.78, 5) is 27.4. The standard InChI is InChI=1S/C20H24N2O3/c1-5-16(22-19(24)15-11-21-12(2)8-17(15)23)13-6-7-18-14(9-13)10-20(3,4)25-18/h6-9,11,16H,5,10H2,1-4H3,(H,21,23)(H,22,24)/t16-/m1/s1. The van der Waals surface area contributed by atoms with E-state index in [4.69, 9.17) is 4.74 Å². The second kappa shape index (κ2) is 6.39. The van der Waals surface area contributed by atoms with E-state index in [1.54, 1.807) is 6.92 Å². The summed E-state index contributed by atoms with van der Waals surface area (Å²) in [7, 11) is 0. The quantitative estimate of drug-likeness (QED) is 0.897. The van der Waals surface area contributed by atoms with Gasteiger partial charge in [0.1, 0.15) is 16.9 Å². The summed E-state index contributed by atoms with van der Waals surface area (Å²) in [6.45, 7) is 7.93. The summed E-state index contributed by atoms with van der Waals surface area (Å²) >= 11 is 0. The zero-order chi connectivity index (χ0) is 18.2. The number of amides is 1. The van der Waals surface area contributed by atoms with Crippen LogP contribution in [0.2, 0.25) is 0 Å². The first kappa shape index (κ1) is 17.3. The number of fused-ring (bicyclic) bond motifs is 1. The van der Waals surface area contributed by atoms with E-state index in [0.717, 1.165) is 35.4 Å². The van der Waals surface area contributed by atoms with Crippen molar-refractivity contribution in [3.05, 3.63) is 63.1 Å². The minimum absolute atomic E-state index is 0.134. The molecule has 2 N–H and O–H groups in total. The van der Waals surface area contributed by atoms with Crippen LogP contribution >= 0.6 is 0 Å². The van der Waals surface area contributed by atoms with Gasteiger partial charge in [0.15, 0.2) is 5.43 Å². The first-order valence-corrected chi connectivity index (χ1v) is 8.61. The lowest BCUT2D eigenvalue weighted by atomic mass is 9.97. The molecule has 0 saturated heterocycles. The Morgan fingerprint density at radius 2 is 2.12 bits per heavy atom. The van der Waals surface area contributed by atoms with Gasteiger partial charge in [-0.2, -0.15) is 0 Å². The minimum atomic E-state index is -0.356. The van der Waals surface area contributed by atoms with Crippen molar-refractivity contribution in [3.8, 4) is 5.75 Å². The van der Waals surface area contributed by atoms with Crippen LogP contribution in [0.5, 0.6) is 5.75 Å². The molecule has 5 heteroatoms. The zero-order valence-electron chi connectivity index (χ0n) is 15.1. The van der Waals surface area contributed by atoms with Crippen molar-refractivity contribution in [1.82, 2.24) is 10.3 Å². The van der Waals surface area contributed by atoms with Crippen LogP contribution in [0.25, 0.3) is 0 Å². The molecule has 3 rings (SSSR count). The van der Waals surface area contributed by atoms with Gasteiger partial charge in [0, 0.05) is 24.4 Å². The number of rotatable bonds is 4. The predicted octanol–water partition coefficient (Wildman–Crippen LogP) is 3.28. The molecule has 132 valence electrons. The smallest absolute Gasteiger partial charge is 0.257 e. The fraction of sp³-hybridized carbons (Fsp3) is 0.400. The molecule has 2 aromatic rings. The Labute approximate surface area is 147 Å². The third kappa shape index (κ3) is 3.60. The number of pyridine rings is 1. The van der Waals surface area contributed by atoms with Gasteiger partial charge in [0.25, 0.3) is 5.91 Å². The highest BCUT2D eigenvalue weighted by Crippen LogP contribution is 2.36. The Bertz CT molecular complexity index is 867. The summed E-state index contributed by atoms with van der Waals surface area (Å²) in [6, 6.07) is 7.33. The first-order chi connectivity index (χ1) is 11.8. The predicted molar refractivity (Wildman–Crippen MR) is 97.2 cm³/mol. The first-order valence-electron chi connectivity index (χ1n) is 8.61. The van der Waals surface area contributed by atoms with Crippen molar-refractivity contribution >= 4 is 5.91 Å². The van der Waals surface area contributed by atoms with E-state index in [-0.39, 0.29) is 28.5 Å². The molecule has 0 spiro atoms. The Balaban J connectivity index is 1.82. The van der Waals surface area contributed by atoms with E-state index in [9.17, 15) is 9.59 Å². The largest absolute Gasteiger partial charge is 0.487 e. The van der Waals surface area contributed by atoms with Crippen molar-refractivity contribution in [1.29, 1.82) is 0 Å². The summed E-state index contributed by atoms with van der Waals surface area (Å²) in [5.74, 6) is 0.551. The maximum Gasteiger partial charge on any atom is 0.257 e. The molecule has 2 heterocycles. The number of aromatic nitrogens is 1. The number of carbonyl (C=O) groups is 1. The maximum absolute atomic E-state index is 12.5. The summed E-state index contributed by atoms with van der Waals surface area (Å²) in [6.07, 6.45) is 3.05. The lowest BCUT2D eigenvalue weighted by Crippen LogP contribution is -2.32. The van der Waals surface area contributed by atoms with Gasteiger partial charge in [-0.05, 0) is 50.5 Å². The van der Waals surface area contributed by atoms with Crippen molar-refractivity contribution < 1.29 is 9.53 Å². The van der Waals surface area contributed by atoms with Crippen molar-refractivity contribution in [3.63, 3.8) is 0 Å². The zero-order valence-corrected chi connectivity index (χ0v) is 15.1. The van der Waals surface area contributed by atoms with Crippen molar-refractivity contribution in [2.24, 2.45) is 0 Å². The van der Waals surface area contributed by atoms with E-state index < -0.39 is 0 Å². The molecule has 0 unspecified atom stereocenters. The van der Waals surface area contributed by atoms with Gasteiger partial charge >= 0.3 is 0 Å². The van der Waals surface area contributed by atoms with E-state index in [1.165, 1.54) is 12.3 Å². The molecule has 1 aromatic heterocycles. The molecule has 0 fully saturated rings. The molecule has 1 aliphatic heterocycles. The molecule has 0 aliphatic carbocycles. The van der Waals surface area contributed by atoms with Crippen LogP contribution in [0.3, 0.4) is 0 Å². The number of hydrogen-bond donors (Lipinski definition) is 2. The Morgan fingerprint density at radius 3 is 2.80 bits per heavy atom. The van der Waals surface area contributed by atoms with Gasteiger partial charge in [-0.3, -0.25) is 9.59 Å². The van der Waals surface area contributed by atoms with Crippen LogP contribution < -0.4 is 15.5 Å². The average molecular weight is 340 g/mol. The van der Waals surface area contributed by atoms with E-state index >= 15 is 0 Å². The van der Waals surface area contributed by atoms with Crippen LogP contribution in [0.4, 0.5) is 0 Å². The highest BCUT2D eigenvalue weighted by molar-refractivity contribution is 5.94. The van der Waals surface area contributed by atoms with Gasteiger partial charge in [-0.15, -0.1) is 0 Å². The van der Waals surface area contributed by atoms with Gasteiger partial charge in [-0.25, -0.2) is 0 Å². The van der Waals surface area contributed by atoms with Crippen LogP contribution in [0.1, 0.15) is 60.4 Å². The van der Waals surface area contributed by atoms with E-state index in [1.807, 2.05) is 19.1 Å². The second-order valence-electron chi connectivity index (χ2n) is 7.23.